The number of carbonyl (C=O) groups is 6. The number of rotatable bonds is 18. The summed E-state index contributed by atoms with van der Waals surface area (Å²) in [5.41, 5.74) is 0. The van der Waals surface area contributed by atoms with Crippen LogP contribution in [-0.2, 0) is 47.7 Å². The standard InChI is InChI=1S/2C12H20O4.C4H4O4/c2*1-3-5-9-15-11(13)7-8-12(14)16-10-6-4-2;5-3(6)1-2-4(7)8/h2*7-8H,3-6,9-10H2,1-2H3;1-2H,(H,5,6)(H,7,8)/b2*8-7-;2-1-. The van der Waals surface area contributed by atoms with Crippen molar-refractivity contribution in [2.75, 3.05) is 26.4 Å². The Bertz CT molecular complexity index is 698. The van der Waals surface area contributed by atoms with Crippen LogP contribution in [0.1, 0.15) is 79.1 Å². The molecule has 0 amide bonds. The lowest BCUT2D eigenvalue weighted by molar-refractivity contribution is -0.140. The zero-order chi connectivity index (χ0) is 31.0. The van der Waals surface area contributed by atoms with Crippen LogP contribution in [0.4, 0.5) is 0 Å². The third kappa shape index (κ3) is 38.6. The van der Waals surface area contributed by atoms with Gasteiger partial charge in [-0.2, -0.15) is 0 Å². The Balaban J connectivity index is -0.000000543. The van der Waals surface area contributed by atoms with Crippen molar-refractivity contribution < 1.29 is 57.9 Å². The van der Waals surface area contributed by atoms with E-state index in [2.05, 4.69) is 0 Å². The largest absolute Gasteiger partial charge is 0.478 e. The summed E-state index contributed by atoms with van der Waals surface area (Å²) in [5, 5.41) is 15.6. The van der Waals surface area contributed by atoms with Crippen molar-refractivity contribution in [2.45, 2.75) is 79.1 Å². The maximum absolute atomic E-state index is 11.0. The quantitative estimate of drug-likeness (QED) is 0.104. The molecule has 0 unspecified atom stereocenters. The highest BCUT2D eigenvalue weighted by atomic mass is 16.5. The van der Waals surface area contributed by atoms with Crippen LogP contribution in [0.5, 0.6) is 0 Å². The molecule has 0 aliphatic heterocycles. The smallest absolute Gasteiger partial charge is 0.331 e. The lowest BCUT2D eigenvalue weighted by atomic mass is 10.4. The van der Waals surface area contributed by atoms with Gasteiger partial charge in [0, 0.05) is 36.5 Å². The number of ether oxygens (including phenoxy) is 4. The number of aliphatic carboxylic acids is 2. The third-order valence-electron chi connectivity index (χ3n) is 4.05. The van der Waals surface area contributed by atoms with E-state index in [1.807, 2.05) is 27.7 Å². The van der Waals surface area contributed by atoms with E-state index in [1.165, 1.54) is 0 Å². The van der Waals surface area contributed by atoms with Crippen LogP contribution in [-0.4, -0.2) is 72.5 Å². The van der Waals surface area contributed by atoms with Crippen LogP contribution in [0.2, 0.25) is 0 Å². The first kappa shape index (κ1) is 40.5. The van der Waals surface area contributed by atoms with Gasteiger partial charge in [0.2, 0.25) is 0 Å². The summed E-state index contributed by atoms with van der Waals surface area (Å²) in [4.78, 5) is 63.2. The van der Waals surface area contributed by atoms with E-state index in [0.29, 0.717) is 38.6 Å². The summed E-state index contributed by atoms with van der Waals surface area (Å²) in [7, 11) is 0. The number of hydrogen-bond donors (Lipinski definition) is 2. The zero-order valence-electron chi connectivity index (χ0n) is 23.9. The lowest BCUT2D eigenvalue weighted by Gasteiger charge is -2.00. The van der Waals surface area contributed by atoms with Gasteiger partial charge < -0.3 is 29.2 Å². The molecule has 0 saturated heterocycles. The van der Waals surface area contributed by atoms with Crippen molar-refractivity contribution in [3.8, 4) is 0 Å². The minimum atomic E-state index is -1.26. The van der Waals surface area contributed by atoms with E-state index in [9.17, 15) is 28.8 Å². The predicted octanol–water partition coefficient (Wildman–Crippen LogP) is 4.17. The highest BCUT2D eigenvalue weighted by Gasteiger charge is 2.01. The van der Waals surface area contributed by atoms with Crippen LogP contribution in [0.3, 0.4) is 0 Å². The van der Waals surface area contributed by atoms with E-state index < -0.39 is 35.8 Å². The Morgan fingerprint density at radius 2 is 0.625 bits per heavy atom. The first-order chi connectivity index (χ1) is 19.0. The summed E-state index contributed by atoms with van der Waals surface area (Å²) < 4.78 is 19.3. The Labute approximate surface area is 236 Å². The summed E-state index contributed by atoms with van der Waals surface area (Å²) >= 11 is 0. The normalized spacial score (nSPS) is 10.2. The first-order valence-electron chi connectivity index (χ1n) is 13.2. The highest BCUT2D eigenvalue weighted by molar-refractivity contribution is 5.92. The molecule has 0 rings (SSSR count). The van der Waals surface area contributed by atoms with Gasteiger partial charge in [0.05, 0.1) is 26.4 Å². The number of carbonyl (C=O) groups excluding carboxylic acids is 4. The molecule has 0 fully saturated rings. The first-order valence-corrected chi connectivity index (χ1v) is 13.2. The maximum atomic E-state index is 11.0. The van der Waals surface area contributed by atoms with E-state index in [4.69, 9.17) is 29.2 Å². The monoisotopic (exact) mass is 572 g/mol. The molecule has 12 nitrogen and oxygen atoms in total. The molecular weight excluding hydrogens is 528 g/mol. The van der Waals surface area contributed by atoms with E-state index in [-0.39, 0.29) is 0 Å². The molecule has 12 heteroatoms. The summed E-state index contributed by atoms with van der Waals surface area (Å²) in [6, 6.07) is 0. The van der Waals surface area contributed by atoms with Gasteiger partial charge in [-0.25, -0.2) is 28.8 Å². The fourth-order valence-electron chi connectivity index (χ4n) is 1.88. The molecule has 0 aliphatic carbocycles. The van der Waals surface area contributed by atoms with E-state index in [0.717, 1.165) is 75.7 Å². The third-order valence-corrected chi connectivity index (χ3v) is 4.05. The molecule has 0 atom stereocenters. The summed E-state index contributed by atoms with van der Waals surface area (Å²) in [6.45, 7) is 9.61. The average molecular weight is 573 g/mol. The summed E-state index contributed by atoms with van der Waals surface area (Å²) in [5.74, 6) is -4.51. The van der Waals surface area contributed by atoms with Crippen molar-refractivity contribution >= 4 is 35.8 Å². The molecule has 0 saturated carbocycles. The van der Waals surface area contributed by atoms with Crippen LogP contribution in [0, 0.1) is 0 Å². The Hall–Kier alpha value is -3.96. The number of carboxylic acid groups (broad SMARTS) is 2. The van der Waals surface area contributed by atoms with Crippen LogP contribution >= 0.6 is 0 Å². The Morgan fingerprint density at radius 3 is 0.775 bits per heavy atom. The van der Waals surface area contributed by atoms with Gasteiger partial charge >= 0.3 is 35.8 Å². The van der Waals surface area contributed by atoms with Gasteiger partial charge in [0.1, 0.15) is 0 Å². The predicted molar refractivity (Wildman–Crippen MR) is 146 cm³/mol. The maximum Gasteiger partial charge on any atom is 0.331 e. The van der Waals surface area contributed by atoms with Gasteiger partial charge in [0.15, 0.2) is 0 Å². The number of carboxylic acids is 2. The Kier molecular flexibility index (Phi) is 31.7. The lowest BCUT2D eigenvalue weighted by Crippen LogP contribution is -2.05. The van der Waals surface area contributed by atoms with Crippen molar-refractivity contribution in [3.05, 3.63) is 36.5 Å². The van der Waals surface area contributed by atoms with Crippen LogP contribution in [0.25, 0.3) is 0 Å². The molecule has 0 spiro atoms. The topological polar surface area (TPSA) is 180 Å². The Morgan fingerprint density at radius 1 is 0.425 bits per heavy atom. The summed E-state index contributed by atoms with van der Waals surface area (Å²) in [6.07, 6.45) is 12.7. The molecular formula is C28H44O12. The van der Waals surface area contributed by atoms with Crippen molar-refractivity contribution in [1.82, 2.24) is 0 Å². The van der Waals surface area contributed by atoms with Gasteiger partial charge in [-0.1, -0.05) is 53.4 Å². The van der Waals surface area contributed by atoms with Gasteiger partial charge in [-0.15, -0.1) is 0 Å². The molecule has 40 heavy (non-hydrogen) atoms. The van der Waals surface area contributed by atoms with Gasteiger partial charge in [-0.05, 0) is 25.7 Å². The molecule has 0 heterocycles. The molecule has 0 aromatic heterocycles. The molecule has 0 aromatic carbocycles. The second-order valence-electron chi connectivity index (χ2n) is 7.76. The van der Waals surface area contributed by atoms with Gasteiger partial charge in [-0.3, -0.25) is 0 Å². The second-order valence-corrected chi connectivity index (χ2v) is 7.76. The van der Waals surface area contributed by atoms with Gasteiger partial charge in [0.25, 0.3) is 0 Å². The number of hydrogen-bond acceptors (Lipinski definition) is 10. The highest BCUT2D eigenvalue weighted by Crippen LogP contribution is 1.94. The minimum Gasteiger partial charge on any atom is -0.478 e. The number of esters is 4. The molecule has 0 aliphatic rings. The molecule has 0 bridgehead atoms. The molecule has 2 N–H and O–H groups in total. The van der Waals surface area contributed by atoms with Crippen molar-refractivity contribution in [1.29, 1.82) is 0 Å². The number of unbranched alkanes of at least 4 members (excludes halogenated alkanes) is 4. The van der Waals surface area contributed by atoms with Crippen LogP contribution in [0.15, 0.2) is 36.5 Å². The second kappa shape index (κ2) is 31.3. The zero-order valence-corrected chi connectivity index (χ0v) is 23.9. The molecule has 0 aromatic rings. The SMILES string of the molecule is CCCCOC(=O)/C=C\C(=O)OCCCC.CCCCOC(=O)/C=C\C(=O)OCCCC.O=C(O)/C=C\C(=O)O. The molecule has 228 valence electrons. The van der Waals surface area contributed by atoms with Crippen molar-refractivity contribution in [3.63, 3.8) is 0 Å². The minimum absolute atomic E-state index is 0.393. The van der Waals surface area contributed by atoms with E-state index >= 15 is 0 Å². The fourth-order valence-corrected chi connectivity index (χ4v) is 1.88. The average Bonchev–Trinajstić information content (AvgIpc) is 2.91. The molecule has 0 radical (unpaired) electrons. The van der Waals surface area contributed by atoms with Crippen LogP contribution < -0.4 is 0 Å². The van der Waals surface area contributed by atoms with Crippen molar-refractivity contribution in [2.24, 2.45) is 0 Å². The van der Waals surface area contributed by atoms with E-state index in [1.54, 1.807) is 0 Å². The fraction of sp³-hybridized carbons (Fsp3) is 0.571.